The highest BCUT2D eigenvalue weighted by Gasteiger charge is 2.24. The third-order valence-corrected chi connectivity index (χ3v) is 4.47. The van der Waals surface area contributed by atoms with Crippen molar-refractivity contribution in [2.45, 2.75) is 38.6 Å². The van der Waals surface area contributed by atoms with E-state index in [1.807, 2.05) is 48.2 Å². The number of nitrogens with zero attached hydrogens (tertiary/aromatic N) is 2. The van der Waals surface area contributed by atoms with Crippen molar-refractivity contribution in [3.63, 3.8) is 0 Å². The third-order valence-electron chi connectivity index (χ3n) is 4.47. The number of hydrogen-bond donors (Lipinski definition) is 1. The van der Waals surface area contributed by atoms with E-state index in [1.54, 1.807) is 0 Å². The number of carbonyl (C=O) groups excluding carboxylic acids is 2. The summed E-state index contributed by atoms with van der Waals surface area (Å²) in [5.41, 5.74) is 1.78. The predicted molar refractivity (Wildman–Crippen MR) is 99.1 cm³/mol. The Morgan fingerprint density at radius 3 is 2.40 bits per heavy atom. The Morgan fingerprint density at radius 2 is 1.84 bits per heavy atom. The van der Waals surface area contributed by atoms with Gasteiger partial charge in [-0.1, -0.05) is 13.3 Å². The molecule has 0 atom stereocenters. The predicted octanol–water partition coefficient (Wildman–Crippen LogP) is 2.88. The van der Waals surface area contributed by atoms with Crippen LogP contribution in [0.4, 0.5) is 10.5 Å². The first kappa shape index (κ1) is 19.1. The highest BCUT2D eigenvalue weighted by Crippen LogP contribution is 2.17. The van der Waals surface area contributed by atoms with E-state index in [4.69, 9.17) is 4.74 Å². The molecule has 25 heavy (non-hydrogen) atoms. The summed E-state index contributed by atoms with van der Waals surface area (Å²) in [6.45, 7) is 3.81. The molecule has 0 bridgehead atoms. The Hall–Kier alpha value is -2.24. The molecule has 1 heterocycles. The van der Waals surface area contributed by atoms with Gasteiger partial charge in [0.15, 0.2) is 0 Å². The molecule has 1 aromatic carbocycles. The third kappa shape index (κ3) is 5.66. The number of hydrogen-bond acceptors (Lipinski definition) is 4. The number of likely N-dealkylation sites (tertiary alicyclic amines) is 1. The van der Waals surface area contributed by atoms with Gasteiger partial charge in [0.2, 0.25) is 0 Å². The van der Waals surface area contributed by atoms with Gasteiger partial charge in [0.1, 0.15) is 0 Å². The van der Waals surface area contributed by atoms with Crippen LogP contribution in [-0.2, 0) is 4.74 Å². The second-order valence-electron chi connectivity index (χ2n) is 6.64. The molecule has 0 aliphatic carbocycles. The fourth-order valence-electron chi connectivity index (χ4n) is 2.83. The second kappa shape index (κ2) is 9.30. The average molecular weight is 347 g/mol. The molecule has 2 rings (SSSR count). The molecule has 0 spiro atoms. The van der Waals surface area contributed by atoms with E-state index in [1.165, 1.54) is 0 Å². The minimum Gasteiger partial charge on any atom is -0.450 e. The molecule has 2 amide bonds. The lowest BCUT2D eigenvalue weighted by atomic mass is 10.0. The second-order valence-corrected chi connectivity index (χ2v) is 6.64. The fraction of sp³-hybridized carbons (Fsp3) is 0.579. The van der Waals surface area contributed by atoms with Crippen LogP contribution in [0.25, 0.3) is 0 Å². The number of alkyl carbamates (subject to hydrolysis) is 1. The van der Waals surface area contributed by atoms with Gasteiger partial charge in [-0.15, -0.1) is 0 Å². The molecule has 1 saturated heterocycles. The number of amides is 2. The van der Waals surface area contributed by atoms with Gasteiger partial charge in [0, 0.05) is 44.5 Å². The SMILES string of the molecule is CCCCOC(=O)NC1CCN(C(=O)c2ccc(N(C)C)cc2)CC1. The molecule has 1 aliphatic rings. The number of rotatable bonds is 6. The van der Waals surface area contributed by atoms with E-state index < -0.39 is 0 Å². The number of anilines is 1. The quantitative estimate of drug-likeness (QED) is 0.804. The Labute approximate surface area is 150 Å². The summed E-state index contributed by atoms with van der Waals surface area (Å²) in [5.74, 6) is 0.0503. The Bertz CT molecular complexity index is 564. The number of ether oxygens (including phenoxy) is 1. The molecular formula is C19H29N3O3. The normalized spacial score (nSPS) is 14.9. The van der Waals surface area contributed by atoms with Crippen LogP contribution in [0, 0.1) is 0 Å². The molecule has 0 aromatic heterocycles. The molecule has 0 radical (unpaired) electrons. The number of nitrogens with one attached hydrogen (secondary N) is 1. The topological polar surface area (TPSA) is 61.9 Å². The fourth-order valence-corrected chi connectivity index (χ4v) is 2.83. The first-order chi connectivity index (χ1) is 12.0. The first-order valence-corrected chi connectivity index (χ1v) is 9.01. The Kier molecular flexibility index (Phi) is 7.10. The van der Waals surface area contributed by atoms with E-state index in [2.05, 4.69) is 12.2 Å². The van der Waals surface area contributed by atoms with Gasteiger partial charge in [-0.3, -0.25) is 4.79 Å². The molecular weight excluding hydrogens is 318 g/mol. The zero-order valence-corrected chi connectivity index (χ0v) is 15.5. The summed E-state index contributed by atoms with van der Waals surface area (Å²) >= 11 is 0. The van der Waals surface area contributed by atoms with Gasteiger partial charge in [0.05, 0.1) is 6.61 Å². The van der Waals surface area contributed by atoms with Crippen LogP contribution in [0.3, 0.4) is 0 Å². The van der Waals surface area contributed by atoms with E-state index in [0.29, 0.717) is 25.3 Å². The minimum absolute atomic E-state index is 0.0503. The minimum atomic E-state index is -0.350. The smallest absolute Gasteiger partial charge is 0.407 e. The van der Waals surface area contributed by atoms with Crippen LogP contribution in [-0.4, -0.2) is 56.7 Å². The largest absolute Gasteiger partial charge is 0.450 e. The summed E-state index contributed by atoms with van der Waals surface area (Å²) in [6.07, 6.45) is 3.04. The average Bonchev–Trinajstić information content (AvgIpc) is 2.62. The van der Waals surface area contributed by atoms with Gasteiger partial charge >= 0.3 is 6.09 Å². The molecule has 0 saturated carbocycles. The summed E-state index contributed by atoms with van der Waals surface area (Å²) in [6, 6.07) is 7.72. The lowest BCUT2D eigenvalue weighted by Crippen LogP contribution is -2.46. The number of benzene rings is 1. The molecule has 1 N–H and O–H groups in total. The maximum Gasteiger partial charge on any atom is 0.407 e. The number of piperidine rings is 1. The molecule has 1 fully saturated rings. The van der Waals surface area contributed by atoms with Crippen molar-refractivity contribution >= 4 is 17.7 Å². The van der Waals surface area contributed by atoms with E-state index in [0.717, 1.165) is 31.4 Å². The Balaban J connectivity index is 1.79. The highest BCUT2D eigenvalue weighted by molar-refractivity contribution is 5.94. The van der Waals surface area contributed by atoms with Crippen molar-refractivity contribution in [2.75, 3.05) is 38.7 Å². The summed E-state index contributed by atoms with van der Waals surface area (Å²) in [4.78, 5) is 28.1. The first-order valence-electron chi connectivity index (χ1n) is 9.01. The van der Waals surface area contributed by atoms with E-state index in [-0.39, 0.29) is 18.0 Å². The molecule has 0 unspecified atom stereocenters. The Morgan fingerprint density at radius 1 is 1.20 bits per heavy atom. The lowest BCUT2D eigenvalue weighted by Gasteiger charge is -2.32. The highest BCUT2D eigenvalue weighted by atomic mass is 16.5. The van der Waals surface area contributed by atoms with E-state index >= 15 is 0 Å². The molecule has 6 heteroatoms. The number of carbonyl (C=O) groups is 2. The molecule has 1 aromatic rings. The van der Waals surface area contributed by atoms with Crippen molar-refractivity contribution in [2.24, 2.45) is 0 Å². The monoisotopic (exact) mass is 347 g/mol. The molecule has 6 nitrogen and oxygen atoms in total. The maximum absolute atomic E-state index is 12.6. The molecule has 138 valence electrons. The zero-order valence-electron chi connectivity index (χ0n) is 15.5. The summed E-state index contributed by atoms with van der Waals surface area (Å²) < 4.78 is 5.12. The summed E-state index contributed by atoms with van der Waals surface area (Å²) in [7, 11) is 3.95. The van der Waals surface area contributed by atoms with Crippen molar-refractivity contribution in [1.29, 1.82) is 0 Å². The van der Waals surface area contributed by atoms with Crippen LogP contribution < -0.4 is 10.2 Å². The molecule has 1 aliphatic heterocycles. The maximum atomic E-state index is 12.6. The van der Waals surface area contributed by atoms with Crippen molar-refractivity contribution in [1.82, 2.24) is 10.2 Å². The van der Waals surface area contributed by atoms with Crippen LogP contribution in [0.1, 0.15) is 43.0 Å². The number of unbranched alkanes of at least 4 members (excludes halogenated alkanes) is 1. The van der Waals surface area contributed by atoms with Gasteiger partial charge in [0.25, 0.3) is 5.91 Å². The van der Waals surface area contributed by atoms with Crippen molar-refractivity contribution in [3.05, 3.63) is 29.8 Å². The van der Waals surface area contributed by atoms with Crippen LogP contribution in [0.2, 0.25) is 0 Å². The summed E-state index contributed by atoms with van der Waals surface area (Å²) in [5, 5.41) is 2.89. The van der Waals surface area contributed by atoms with Crippen LogP contribution in [0.15, 0.2) is 24.3 Å². The van der Waals surface area contributed by atoms with Crippen molar-refractivity contribution < 1.29 is 14.3 Å². The van der Waals surface area contributed by atoms with Gasteiger partial charge in [-0.2, -0.15) is 0 Å². The van der Waals surface area contributed by atoms with Gasteiger partial charge < -0.3 is 19.9 Å². The van der Waals surface area contributed by atoms with Gasteiger partial charge in [-0.25, -0.2) is 4.79 Å². The van der Waals surface area contributed by atoms with Crippen LogP contribution >= 0.6 is 0 Å². The lowest BCUT2D eigenvalue weighted by molar-refractivity contribution is 0.0702. The standard InChI is InChI=1S/C19H29N3O3/c1-4-5-14-25-19(24)20-16-10-12-22(13-11-16)18(23)15-6-8-17(9-7-15)21(2)3/h6-9,16H,4-5,10-14H2,1-3H3,(H,20,24). The van der Waals surface area contributed by atoms with Crippen molar-refractivity contribution in [3.8, 4) is 0 Å². The zero-order chi connectivity index (χ0) is 18.2. The van der Waals surface area contributed by atoms with Crippen LogP contribution in [0.5, 0.6) is 0 Å². The van der Waals surface area contributed by atoms with E-state index in [9.17, 15) is 9.59 Å². The van der Waals surface area contributed by atoms with Gasteiger partial charge in [-0.05, 0) is 43.5 Å².